The summed E-state index contributed by atoms with van der Waals surface area (Å²) in [5, 5.41) is 15.8. The first-order valence-electron chi connectivity index (χ1n) is 10.4. The molecule has 164 valence electrons. The second kappa shape index (κ2) is 8.05. The number of nitrogens with two attached hydrogens (primary N) is 1. The van der Waals surface area contributed by atoms with Crippen molar-refractivity contribution in [2.45, 2.75) is 33.2 Å². The van der Waals surface area contributed by atoms with Crippen molar-refractivity contribution in [3.05, 3.63) is 77.2 Å². The number of aryl methyl sites for hydroxylation is 2. The molecule has 0 bridgehead atoms. The number of nitrogens with one attached hydrogen (secondary N) is 1. The third-order valence-corrected chi connectivity index (χ3v) is 5.59. The van der Waals surface area contributed by atoms with Crippen LogP contribution in [0, 0.1) is 13.8 Å². The van der Waals surface area contributed by atoms with Crippen LogP contribution in [-0.4, -0.2) is 30.7 Å². The minimum atomic E-state index is -0.491. The lowest BCUT2D eigenvalue weighted by Gasteiger charge is -2.20. The molecular formula is C24H27N7O. The summed E-state index contributed by atoms with van der Waals surface area (Å²) in [4.78, 5) is 12.9. The molecule has 4 aromatic rings. The summed E-state index contributed by atoms with van der Waals surface area (Å²) in [5.41, 5.74) is 12.3. The van der Waals surface area contributed by atoms with Crippen molar-refractivity contribution >= 4 is 11.6 Å². The summed E-state index contributed by atoms with van der Waals surface area (Å²) < 4.78 is 3.48. The highest BCUT2D eigenvalue weighted by Gasteiger charge is 2.16. The Labute approximate surface area is 187 Å². The number of aromatic nitrogens is 5. The zero-order chi connectivity index (χ0) is 23.0. The molecule has 0 radical (unpaired) electrons. The SMILES string of the molecule is Cc1ccc(C(=O)Nc2cccc(C(C)(C)N)c2)cc1-n1cc(-c2cnn(C)c2C)nn1. The van der Waals surface area contributed by atoms with Gasteiger partial charge in [0, 0.05) is 35.1 Å². The van der Waals surface area contributed by atoms with Crippen LogP contribution in [0.3, 0.4) is 0 Å². The van der Waals surface area contributed by atoms with Crippen LogP contribution in [0.2, 0.25) is 0 Å². The highest BCUT2D eigenvalue weighted by atomic mass is 16.1. The van der Waals surface area contributed by atoms with Crippen LogP contribution in [0.25, 0.3) is 16.9 Å². The van der Waals surface area contributed by atoms with Gasteiger partial charge in [0.2, 0.25) is 0 Å². The van der Waals surface area contributed by atoms with E-state index in [2.05, 4.69) is 20.7 Å². The molecule has 2 aromatic carbocycles. The zero-order valence-electron chi connectivity index (χ0n) is 18.9. The first-order chi connectivity index (χ1) is 15.1. The average Bonchev–Trinajstić information content (AvgIpc) is 3.35. The van der Waals surface area contributed by atoms with Gasteiger partial charge < -0.3 is 11.1 Å². The molecule has 0 aliphatic carbocycles. The van der Waals surface area contributed by atoms with Crippen LogP contribution >= 0.6 is 0 Å². The van der Waals surface area contributed by atoms with Gasteiger partial charge in [0.15, 0.2) is 0 Å². The quantitative estimate of drug-likeness (QED) is 0.503. The van der Waals surface area contributed by atoms with Gasteiger partial charge in [0.1, 0.15) is 5.69 Å². The fourth-order valence-corrected chi connectivity index (χ4v) is 3.45. The number of hydrogen-bond acceptors (Lipinski definition) is 5. The summed E-state index contributed by atoms with van der Waals surface area (Å²) in [6, 6.07) is 13.1. The number of carbonyl (C=O) groups excluding carboxylic acids is 1. The standard InChI is InChI=1S/C24H27N7O/c1-15-9-10-17(23(32)27-19-8-6-7-18(12-19)24(3,4)25)11-22(15)31-14-21(28-29-31)20-13-26-30(5)16(20)2/h6-14H,25H2,1-5H3,(H,27,32). The minimum absolute atomic E-state index is 0.207. The number of hydrogen-bond donors (Lipinski definition) is 2. The van der Waals surface area contributed by atoms with Crippen molar-refractivity contribution in [1.82, 2.24) is 24.8 Å². The Balaban J connectivity index is 1.61. The van der Waals surface area contributed by atoms with Crippen LogP contribution in [-0.2, 0) is 12.6 Å². The van der Waals surface area contributed by atoms with E-state index in [4.69, 9.17) is 5.73 Å². The molecule has 0 fully saturated rings. The van der Waals surface area contributed by atoms with Crippen LogP contribution in [0.15, 0.2) is 54.9 Å². The van der Waals surface area contributed by atoms with E-state index >= 15 is 0 Å². The molecule has 0 atom stereocenters. The van der Waals surface area contributed by atoms with Crippen LogP contribution in [0.5, 0.6) is 0 Å². The number of carbonyl (C=O) groups is 1. The molecule has 8 heteroatoms. The monoisotopic (exact) mass is 429 g/mol. The zero-order valence-corrected chi connectivity index (χ0v) is 18.9. The predicted octanol–water partition coefficient (Wildman–Crippen LogP) is 3.73. The number of rotatable bonds is 5. The van der Waals surface area contributed by atoms with Crippen molar-refractivity contribution < 1.29 is 4.79 Å². The van der Waals surface area contributed by atoms with E-state index in [9.17, 15) is 4.79 Å². The highest BCUT2D eigenvalue weighted by molar-refractivity contribution is 6.04. The largest absolute Gasteiger partial charge is 0.322 e. The van der Waals surface area contributed by atoms with Gasteiger partial charge in [-0.1, -0.05) is 23.4 Å². The number of anilines is 1. The Morgan fingerprint density at radius 3 is 2.59 bits per heavy atom. The summed E-state index contributed by atoms with van der Waals surface area (Å²) in [6.07, 6.45) is 3.62. The average molecular weight is 430 g/mol. The lowest BCUT2D eigenvalue weighted by Crippen LogP contribution is -2.28. The molecule has 0 spiro atoms. The molecule has 0 aliphatic rings. The van der Waals surface area contributed by atoms with Crippen molar-refractivity contribution in [2.24, 2.45) is 12.8 Å². The molecule has 1 amide bonds. The molecular weight excluding hydrogens is 402 g/mol. The Morgan fingerprint density at radius 2 is 1.91 bits per heavy atom. The Morgan fingerprint density at radius 1 is 1.12 bits per heavy atom. The minimum Gasteiger partial charge on any atom is -0.322 e. The van der Waals surface area contributed by atoms with Gasteiger partial charge in [-0.05, 0) is 63.1 Å². The summed E-state index contributed by atoms with van der Waals surface area (Å²) >= 11 is 0. The van der Waals surface area contributed by atoms with Gasteiger partial charge in [-0.2, -0.15) is 5.10 Å². The molecule has 3 N–H and O–H groups in total. The molecule has 2 heterocycles. The smallest absolute Gasteiger partial charge is 0.255 e. The topological polar surface area (TPSA) is 104 Å². The first-order valence-corrected chi connectivity index (χ1v) is 10.4. The van der Waals surface area contributed by atoms with Gasteiger partial charge in [0.05, 0.1) is 18.1 Å². The van der Waals surface area contributed by atoms with E-state index in [1.165, 1.54) is 0 Å². The van der Waals surface area contributed by atoms with Gasteiger partial charge in [-0.25, -0.2) is 4.68 Å². The number of nitrogens with zero attached hydrogens (tertiary/aromatic N) is 5. The van der Waals surface area contributed by atoms with E-state index < -0.39 is 5.54 Å². The Kier molecular flexibility index (Phi) is 5.40. The molecule has 0 aliphatic heterocycles. The van der Waals surface area contributed by atoms with E-state index in [1.807, 2.05) is 77.3 Å². The van der Waals surface area contributed by atoms with E-state index in [0.717, 1.165) is 33.8 Å². The maximum atomic E-state index is 12.9. The predicted molar refractivity (Wildman–Crippen MR) is 125 cm³/mol. The second-order valence-electron chi connectivity index (χ2n) is 8.57. The highest BCUT2D eigenvalue weighted by Crippen LogP contribution is 2.24. The maximum Gasteiger partial charge on any atom is 0.255 e. The third kappa shape index (κ3) is 4.17. The van der Waals surface area contributed by atoms with E-state index in [-0.39, 0.29) is 5.91 Å². The van der Waals surface area contributed by atoms with Crippen LogP contribution < -0.4 is 11.1 Å². The van der Waals surface area contributed by atoms with Crippen molar-refractivity contribution in [3.8, 4) is 16.9 Å². The Hall–Kier alpha value is -3.78. The van der Waals surface area contributed by atoms with Crippen molar-refractivity contribution in [2.75, 3.05) is 5.32 Å². The normalized spacial score (nSPS) is 11.6. The fourth-order valence-electron chi connectivity index (χ4n) is 3.45. The third-order valence-electron chi connectivity index (χ3n) is 5.59. The van der Waals surface area contributed by atoms with Gasteiger partial charge in [-0.3, -0.25) is 9.48 Å². The molecule has 0 saturated heterocycles. The summed E-state index contributed by atoms with van der Waals surface area (Å²) in [6.45, 7) is 7.82. The molecule has 0 unspecified atom stereocenters. The van der Waals surface area contributed by atoms with Gasteiger partial charge in [-0.15, -0.1) is 5.10 Å². The lowest BCUT2D eigenvalue weighted by molar-refractivity contribution is 0.102. The van der Waals surface area contributed by atoms with Crippen molar-refractivity contribution in [1.29, 1.82) is 0 Å². The Bertz CT molecular complexity index is 1290. The molecule has 8 nitrogen and oxygen atoms in total. The molecule has 2 aromatic heterocycles. The van der Waals surface area contributed by atoms with E-state index in [0.29, 0.717) is 11.3 Å². The molecule has 32 heavy (non-hydrogen) atoms. The maximum absolute atomic E-state index is 12.9. The number of benzene rings is 2. The number of amides is 1. The molecule has 4 rings (SSSR count). The van der Waals surface area contributed by atoms with Gasteiger partial charge >= 0.3 is 0 Å². The first kappa shape index (κ1) is 21.5. The van der Waals surface area contributed by atoms with E-state index in [1.54, 1.807) is 21.6 Å². The van der Waals surface area contributed by atoms with Crippen LogP contribution in [0.1, 0.15) is 41.0 Å². The van der Waals surface area contributed by atoms with Crippen LogP contribution in [0.4, 0.5) is 5.69 Å². The van der Waals surface area contributed by atoms with Gasteiger partial charge in [0.25, 0.3) is 5.91 Å². The summed E-state index contributed by atoms with van der Waals surface area (Å²) in [5.74, 6) is -0.207. The fraction of sp³-hybridized carbons (Fsp3) is 0.250. The lowest BCUT2D eigenvalue weighted by atomic mass is 9.95. The summed E-state index contributed by atoms with van der Waals surface area (Å²) in [7, 11) is 1.89. The molecule has 0 saturated carbocycles. The second-order valence-corrected chi connectivity index (χ2v) is 8.57. The van der Waals surface area contributed by atoms with Crippen molar-refractivity contribution in [3.63, 3.8) is 0 Å².